The Bertz CT molecular complexity index is 246. The Balaban J connectivity index is 4.33. The van der Waals surface area contributed by atoms with Crippen molar-refractivity contribution in [2.24, 2.45) is 11.7 Å². The molecule has 0 rings (SSSR count). The molecule has 0 aromatic heterocycles. The second-order valence-corrected chi connectivity index (χ2v) is 5.64. The van der Waals surface area contributed by atoms with Crippen molar-refractivity contribution in [1.29, 1.82) is 0 Å². The Labute approximate surface area is 105 Å². The first-order valence-corrected chi connectivity index (χ1v) is 6.46. The zero-order valence-corrected chi connectivity index (χ0v) is 11.8. The molecule has 0 saturated heterocycles. The van der Waals surface area contributed by atoms with E-state index in [2.05, 4.69) is 5.32 Å². The van der Waals surface area contributed by atoms with Crippen LogP contribution >= 0.6 is 0 Å². The average Bonchev–Trinajstić information content (AvgIpc) is 2.23. The normalized spacial score (nSPS) is 15.8. The minimum Gasteiger partial charge on any atom is -0.388 e. The molecule has 0 bridgehead atoms. The molecule has 0 aliphatic carbocycles. The van der Waals surface area contributed by atoms with Crippen LogP contribution in [-0.2, 0) is 4.79 Å². The molecule has 0 saturated carbocycles. The van der Waals surface area contributed by atoms with Crippen LogP contribution in [-0.4, -0.2) is 28.7 Å². The monoisotopic (exact) mass is 244 g/mol. The van der Waals surface area contributed by atoms with Crippen LogP contribution in [0.4, 0.5) is 0 Å². The van der Waals surface area contributed by atoms with Crippen LogP contribution in [0.3, 0.4) is 0 Å². The lowest BCUT2D eigenvalue weighted by Crippen LogP contribution is -2.55. The molecule has 17 heavy (non-hydrogen) atoms. The number of carbonyl (C=O) groups is 1. The highest BCUT2D eigenvalue weighted by atomic mass is 16.3. The largest absolute Gasteiger partial charge is 0.388 e. The Morgan fingerprint density at radius 2 is 1.82 bits per heavy atom. The molecular weight excluding hydrogens is 216 g/mol. The Morgan fingerprint density at radius 1 is 1.35 bits per heavy atom. The third-order valence-electron chi connectivity index (χ3n) is 3.19. The second-order valence-electron chi connectivity index (χ2n) is 5.64. The molecule has 1 amide bonds. The van der Waals surface area contributed by atoms with E-state index >= 15 is 0 Å². The van der Waals surface area contributed by atoms with Crippen LogP contribution < -0.4 is 11.1 Å². The molecule has 0 fully saturated rings. The lowest BCUT2D eigenvalue weighted by molar-refractivity contribution is -0.127. The first kappa shape index (κ1) is 16.4. The molecule has 4 heteroatoms. The predicted molar refractivity (Wildman–Crippen MR) is 70.6 cm³/mol. The first-order chi connectivity index (χ1) is 7.67. The standard InChI is InChI=1S/C13H28N2O2/c1-6-13(14,7-2)11(16)15-9-12(5,17)8-10(3)4/h10,17H,6-9,14H2,1-5H3,(H,15,16). The van der Waals surface area contributed by atoms with Crippen LogP contribution in [0.1, 0.15) is 53.9 Å². The van der Waals surface area contributed by atoms with Crippen molar-refractivity contribution in [3.05, 3.63) is 0 Å². The number of hydrogen-bond donors (Lipinski definition) is 3. The highest BCUT2D eigenvalue weighted by Gasteiger charge is 2.31. The number of nitrogens with two attached hydrogens (primary N) is 1. The van der Waals surface area contributed by atoms with E-state index in [1.54, 1.807) is 6.92 Å². The van der Waals surface area contributed by atoms with Gasteiger partial charge in [-0.15, -0.1) is 0 Å². The minimum atomic E-state index is -0.869. The van der Waals surface area contributed by atoms with Crippen molar-refractivity contribution in [1.82, 2.24) is 5.32 Å². The molecule has 0 aromatic carbocycles. The van der Waals surface area contributed by atoms with Crippen LogP contribution in [0.25, 0.3) is 0 Å². The predicted octanol–water partition coefficient (Wildman–Crippen LogP) is 1.42. The van der Waals surface area contributed by atoms with Crippen molar-refractivity contribution in [2.75, 3.05) is 6.54 Å². The summed E-state index contributed by atoms with van der Waals surface area (Å²) in [5.41, 5.74) is 4.30. The maximum atomic E-state index is 11.9. The van der Waals surface area contributed by atoms with E-state index < -0.39 is 11.1 Å². The average molecular weight is 244 g/mol. The summed E-state index contributed by atoms with van der Waals surface area (Å²) in [5, 5.41) is 12.8. The Kier molecular flexibility index (Phi) is 6.13. The van der Waals surface area contributed by atoms with E-state index in [0.717, 1.165) is 0 Å². The summed E-state index contributed by atoms with van der Waals surface area (Å²) >= 11 is 0. The minimum absolute atomic E-state index is 0.175. The van der Waals surface area contributed by atoms with Crippen LogP contribution in [0, 0.1) is 5.92 Å². The molecule has 0 heterocycles. The zero-order valence-electron chi connectivity index (χ0n) is 11.8. The highest BCUT2D eigenvalue weighted by Crippen LogP contribution is 2.16. The summed E-state index contributed by atoms with van der Waals surface area (Å²) < 4.78 is 0. The van der Waals surface area contributed by atoms with Crippen molar-refractivity contribution < 1.29 is 9.90 Å². The fraction of sp³-hybridized carbons (Fsp3) is 0.923. The van der Waals surface area contributed by atoms with Crippen LogP contribution in [0.15, 0.2) is 0 Å². The van der Waals surface area contributed by atoms with Crippen molar-refractivity contribution in [3.8, 4) is 0 Å². The third kappa shape index (κ3) is 5.50. The summed E-state index contributed by atoms with van der Waals surface area (Å²) in [6.07, 6.45) is 1.85. The molecule has 0 aromatic rings. The molecule has 1 atom stereocenters. The van der Waals surface area contributed by atoms with Gasteiger partial charge in [-0.05, 0) is 32.1 Å². The lowest BCUT2D eigenvalue weighted by atomic mass is 9.91. The number of amides is 1. The second kappa shape index (κ2) is 6.36. The number of hydrogen-bond acceptors (Lipinski definition) is 3. The topological polar surface area (TPSA) is 75.4 Å². The van der Waals surface area contributed by atoms with Crippen LogP contribution in [0.5, 0.6) is 0 Å². The molecule has 4 N–H and O–H groups in total. The van der Waals surface area contributed by atoms with Gasteiger partial charge in [0.1, 0.15) is 0 Å². The van der Waals surface area contributed by atoms with Gasteiger partial charge >= 0.3 is 0 Å². The van der Waals surface area contributed by atoms with Gasteiger partial charge in [-0.25, -0.2) is 0 Å². The van der Waals surface area contributed by atoms with E-state index in [9.17, 15) is 9.90 Å². The lowest BCUT2D eigenvalue weighted by Gasteiger charge is -2.30. The fourth-order valence-corrected chi connectivity index (χ4v) is 1.97. The number of rotatable bonds is 7. The number of nitrogens with one attached hydrogen (secondary N) is 1. The molecule has 102 valence electrons. The van der Waals surface area contributed by atoms with E-state index in [4.69, 9.17) is 5.73 Å². The maximum absolute atomic E-state index is 11.9. The third-order valence-corrected chi connectivity index (χ3v) is 3.19. The summed E-state index contributed by atoms with van der Waals surface area (Å²) in [4.78, 5) is 11.9. The molecule has 1 unspecified atom stereocenters. The van der Waals surface area contributed by atoms with E-state index in [-0.39, 0.29) is 12.5 Å². The first-order valence-electron chi connectivity index (χ1n) is 6.46. The molecule has 0 spiro atoms. The molecule has 0 aliphatic heterocycles. The maximum Gasteiger partial charge on any atom is 0.240 e. The van der Waals surface area contributed by atoms with Gasteiger partial charge in [-0.1, -0.05) is 27.7 Å². The Hall–Kier alpha value is -0.610. The van der Waals surface area contributed by atoms with Gasteiger partial charge in [-0.3, -0.25) is 4.79 Å². The van der Waals surface area contributed by atoms with Gasteiger partial charge in [0.25, 0.3) is 0 Å². The summed E-state index contributed by atoms with van der Waals surface area (Å²) in [5.74, 6) is 0.216. The van der Waals surface area contributed by atoms with Gasteiger partial charge in [0.2, 0.25) is 5.91 Å². The number of carbonyl (C=O) groups excluding carboxylic acids is 1. The highest BCUT2D eigenvalue weighted by molar-refractivity contribution is 5.85. The van der Waals surface area contributed by atoms with Crippen molar-refractivity contribution in [2.45, 2.75) is 65.0 Å². The Morgan fingerprint density at radius 3 is 2.18 bits per heavy atom. The van der Waals surface area contributed by atoms with Gasteiger partial charge in [0.15, 0.2) is 0 Å². The SMILES string of the molecule is CCC(N)(CC)C(=O)NCC(C)(O)CC(C)C. The summed E-state index contributed by atoms with van der Waals surface area (Å²) in [6.45, 7) is 9.88. The van der Waals surface area contributed by atoms with E-state index in [1.165, 1.54) is 0 Å². The zero-order chi connectivity index (χ0) is 13.7. The molecule has 0 radical (unpaired) electrons. The number of aliphatic hydroxyl groups is 1. The smallest absolute Gasteiger partial charge is 0.240 e. The van der Waals surface area contributed by atoms with Gasteiger partial charge in [0.05, 0.1) is 11.1 Å². The van der Waals surface area contributed by atoms with Gasteiger partial charge in [0, 0.05) is 6.54 Å². The van der Waals surface area contributed by atoms with Gasteiger partial charge < -0.3 is 16.2 Å². The molecule has 4 nitrogen and oxygen atoms in total. The van der Waals surface area contributed by atoms with E-state index in [1.807, 2.05) is 27.7 Å². The fourth-order valence-electron chi connectivity index (χ4n) is 1.97. The van der Waals surface area contributed by atoms with Gasteiger partial charge in [-0.2, -0.15) is 0 Å². The summed E-state index contributed by atoms with van der Waals surface area (Å²) in [6, 6.07) is 0. The van der Waals surface area contributed by atoms with Crippen LogP contribution in [0.2, 0.25) is 0 Å². The molecular formula is C13H28N2O2. The molecule has 0 aliphatic rings. The summed E-state index contributed by atoms with van der Waals surface area (Å²) in [7, 11) is 0. The van der Waals surface area contributed by atoms with E-state index in [0.29, 0.717) is 25.2 Å². The quantitative estimate of drug-likeness (QED) is 0.634. The van der Waals surface area contributed by atoms with Crippen molar-refractivity contribution >= 4 is 5.91 Å². The van der Waals surface area contributed by atoms with Crippen molar-refractivity contribution in [3.63, 3.8) is 0 Å².